The van der Waals surface area contributed by atoms with Gasteiger partial charge in [0.25, 0.3) is 0 Å². The Bertz CT molecular complexity index is 1140. The van der Waals surface area contributed by atoms with E-state index in [-0.39, 0.29) is 19.4 Å². The molecule has 0 radical (unpaired) electrons. The number of esters is 1. The molecule has 1 aliphatic rings. The molecule has 0 aliphatic carbocycles. The van der Waals surface area contributed by atoms with E-state index >= 15 is 0 Å². The fraction of sp³-hybridized carbons (Fsp3) is 0.689. The average Bonchev–Trinajstić information content (AvgIpc) is 3.17. The van der Waals surface area contributed by atoms with E-state index in [1.807, 2.05) is 0 Å². The number of carbonyl (C=O) groups excluding carboxylic acids is 1. The number of unbranched alkanes of at least 4 members (excludes halogenated alkanes) is 9. The van der Waals surface area contributed by atoms with Crippen molar-refractivity contribution in [3.05, 3.63) is 72.9 Å². The van der Waals surface area contributed by atoms with Crippen LogP contribution in [0.3, 0.4) is 0 Å². The number of carboxylic acid groups (broad SMARTS) is 1. The highest BCUT2D eigenvalue weighted by Crippen LogP contribution is 2.24. The Hall–Kier alpha value is -2.86. The standard InChI is InChI=1S/C45H74O10/c1-3-5-7-9-11-13-15-17-19-21-23-25-27-29-31-33-40(47)54-38(36-53-45-43(50)42(49)41(48)39(35-46)55-45)34-37(44(51)52)32-30-28-26-24-22-20-18-16-14-12-10-8-6-4-2/h5-8,11-14,17-20,37-39,41-43,45-46,48-50H,3-4,9-10,15-16,21-36H2,1-2H3,(H,51,52)/t37?,38?,39-,41+,42+,43-,45+/m1/s1. The van der Waals surface area contributed by atoms with Gasteiger partial charge in [-0.1, -0.05) is 125 Å². The quantitative estimate of drug-likeness (QED) is 0.0248. The average molecular weight is 775 g/mol. The van der Waals surface area contributed by atoms with E-state index in [4.69, 9.17) is 14.2 Å². The van der Waals surface area contributed by atoms with Gasteiger partial charge >= 0.3 is 11.9 Å². The van der Waals surface area contributed by atoms with Crippen molar-refractivity contribution in [2.45, 2.75) is 179 Å². The van der Waals surface area contributed by atoms with Gasteiger partial charge in [0, 0.05) is 6.42 Å². The topological polar surface area (TPSA) is 163 Å². The van der Waals surface area contributed by atoms with E-state index in [9.17, 15) is 35.1 Å². The summed E-state index contributed by atoms with van der Waals surface area (Å²) >= 11 is 0. The first-order valence-electron chi connectivity index (χ1n) is 21.0. The van der Waals surface area contributed by atoms with Crippen LogP contribution in [0, 0.1) is 5.92 Å². The third-order valence-electron chi connectivity index (χ3n) is 9.47. The van der Waals surface area contributed by atoms with Crippen LogP contribution in [0.15, 0.2) is 72.9 Å². The number of aliphatic carboxylic acids is 1. The lowest BCUT2D eigenvalue weighted by Gasteiger charge is -2.40. The molecule has 1 saturated heterocycles. The number of hydrogen-bond acceptors (Lipinski definition) is 9. The molecule has 7 atom stereocenters. The van der Waals surface area contributed by atoms with Crippen LogP contribution in [0.25, 0.3) is 0 Å². The van der Waals surface area contributed by atoms with Gasteiger partial charge in [0.1, 0.15) is 30.5 Å². The van der Waals surface area contributed by atoms with Crippen LogP contribution in [0.1, 0.15) is 142 Å². The van der Waals surface area contributed by atoms with Crippen LogP contribution < -0.4 is 0 Å². The van der Waals surface area contributed by atoms with Crippen LogP contribution in [0.2, 0.25) is 0 Å². The Morgan fingerprint density at radius 2 is 1.13 bits per heavy atom. The zero-order chi connectivity index (χ0) is 40.4. The highest BCUT2D eigenvalue weighted by Gasteiger charge is 2.44. The SMILES string of the molecule is CCC=CCC=CCC=CCCCCCCCC(=O)OC(CO[C@H]1O[C@H](CO)[C@H](O)[C@H](O)[C@H]1O)CC(CCCCCCC=CCC=CCC=CCC)C(=O)O. The van der Waals surface area contributed by atoms with E-state index < -0.39 is 61.3 Å². The van der Waals surface area contributed by atoms with E-state index in [2.05, 4.69) is 86.8 Å². The molecule has 55 heavy (non-hydrogen) atoms. The lowest BCUT2D eigenvalue weighted by Crippen LogP contribution is -2.59. The van der Waals surface area contributed by atoms with Crippen LogP contribution in [-0.2, 0) is 23.8 Å². The summed E-state index contributed by atoms with van der Waals surface area (Å²) in [7, 11) is 0. The smallest absolute Gasteiger partial charge is 0.306 e. The molecule has 1 rings (SSSR count). The number of aliphatic hydroxyl groups excluding tert-OH is 4. The van der Waals surface area contributed by atoms with Crippen LogP contribution in [0.5, 0.6) is 0 Å². The summed E-state index contributed by atoms with van der Waals surface area (Å²) in [4.78, 5) is 25.2. The summed E-state index contributed by atoms with van der Waals surface area (Å²) in [5, 5.41) is 50.3. The molecule has 0 aromatic rings. The molecule has 0 aromatic heterocycles. The Balaban J connectivity index is 2.55. The van der Waals surface area contributed by atoms with Crippen molar-refractivity contribution in [3.63, 3.8) is 0 Å². The predicted octanol–water partition coefficient (Wildman–Crippen LogP) is 8.59. The number of hydrogen-bond donors (Lipinski definition) is 5. The highest BCUT2D eigenvalue weighted by molar-refractivity contribution is 5.71. The largest absolute Gasteiger partial charge is 0.481 e. The van der Waals surface area contributed by atoms with Crippen LogP contribution >= 0.6 is 0 Å². The monoisotopic (exact) mass is 775 g/mol. The second-order valence-corrected chi connectivity index (χ2v) is 14.3. The fourth-order valence-electron chi connectivity index (χ4n) is 6.18. The molecule has 1 aliphatic heterocycles. The Morgan fingerprint density at radius 1 is 0.636 bits per heavy atom. The Labute approximate surface area is 331 Å². The molecule has 10 nitrogen and oxygen atoms in total. The number of ether oxygens (including phenoxy) is 3. The van der Waals surface area contributed by atoms with Crippen molar-refractivity contribution in [1.29, 1.82) is 0 Å². The van der Waals surface area contributed by atoms with Gasteiger partial charge in [-0.15, -0.1) is 0 Å². The zero-order valence-electron chi connectivity index (χ0n) is 33.8. The van der Waals surface area contributed by atoms with Crippen molar-refractivity contribution in [3.8, 4) is 0 Å². The first kappa shape index (κ1) is 50.2. The number of carboxylic acids is 1. The van der Waals surface area contributed by atoms with Crippen molar-refractivity contribution in [2.24, 2.45) is 5.92 Å². The molecular formula is C45H74O10. The van der Waals surface area contributed by atoms with E-state index in [0.29, 0.717) is 19.3 Å². The minimum absolute atomic E-state index is 0.0161. The van der Waals surface area contributed by atoms with Gasteiger partial charge in [0.2, 0.25) is 0 Å². The Morgan fingerprint density at radius 3 is 1.65 bits per heavy atom. The lowest BCUT2D eigenvalue weighted by atomic mass is 9.94. The molecule has 0 saturated carbocycles. The molecule has 0 spiro atoms. The molecule has 1 heterocycles. The summed E-state index contributed by atoms with van der Waals surface area (Å²) < 4.78 is 16.9. The summed E-state index contributed by atoms with van der Waals surface area (Å²) in [5.74, 6) is -2.21. The second-order valence-electron chi connectivity index (χ2n) is 14.3. The highest BCUT2D eigenvalue weighted by atomic mass is 16.7. The maximum Gasteiger partial charge on any atom is 0.306 e. The van der Waals surface area contributed by atoms with Gasteiger partial charge in [0.15, 0.2) is 6.29 Å². The van der Waals surface area contributed by atoms with Gasteiger partial charge in [-0.25, -0.2) is 0 Å². The summed E-state index contributed by atoms with van der Waals surface area (Å²) in [6, 6.07) is 0. The predicted molar refractivity (Wildman–Crippen MR) is 219 cm³/mol. The maximum atomic E-state index is 12.9. The lowest BCUT2D eigenvalue weighted by molar-refractivity contribution is -0.305. The van der Waals surface area contributed by atoms with Crippen LogP contribution in [0.4, 0.5) is 0 Å². The Kier molecular flexibility index (Phi) is 31.4. The summed E-state index contributed by atoms with van der Waals surface area (Å²) in [6.07, 6.45) is 34.7. The summed E-state index contributed by atoms with van der Waals surface area (Å²) in [6.45, 7) is 3.36. The van der Waals surface area contributed by atoms with Crippen molar-refractivity contribution < 1.29 is 49.3 Å². The number of rotatable bonds is 33. The molecule has 5 N–H and O–H groups in total. The van der Waals surface area contributed by atoms with Gasteiger partial charge in [-0.05, 0) is 83.5 Å². The van der Waals surface area contributed by atoms with Gasteiger partial charge in [-0.2, -0.15) is 0 Å². The number of carbonyl (C=O) groups is 2. The van der Waals surface area contributed by atoms with E-state index in [0.717, 1.165) is 96.3 Å². The maximum absolute atomic E-state index is 12.9. The normalized spacial score (nSPS) is 22.0. The molecule has 1 fully saturated rings. The third-order valence-corrected chi connectivity index (χ3v) is 9.47. The molecular weight excluding hydrogens is 700 g/mol. The molecule has 314 valence electrons. The minimum Gasteiger partial charge on any atom is -0.481 e. The first-order chi connectivity index (χ1) is 26.7. The minimum atomic E-state index is -1.62. The van der Waals surface area contributed by atoms with Crippen molar-refractivity contribution >= 4 is 11.9 Å². The first-order valence-corrected chi connectivity index (χ1v) is 21.0. The molecule has 0 amide bonds. The molecule has 2 unspecified atom stereocenters. The molecule has 0 bridgehead atoms. The van der Waals surface area contributed by atoms with Crippen LogP contribution in [-0.4, -0.2) is 87.5 Å². The molecule has 10 heteroatoms. The molecule has 0 aromatic carbocycles. The second kappa shape index (κ2) is 34.4. The van der Waals surface area contributed by atoms with Gasteiger partial charge in [0.05, 0.1) is 19.1 Å². The summed E-state index contributed by atoms with van der Waals surface area (Å²) in [5.41, 5.74) is 0. The number of aliphatic hydroxyl groups is 4. The van der Waals surface area contributed by atoms with Gasteiger partial charge in [-0.3, -0.25) is 9.59 Å². The van der Waals surface area contributed by atoms with E-state index in [1.165, 1.54) is 0 Å². The fourth-order valence-corrected chi connectivity index (χ4v) is 6.18. The van der Waals surface area contributed by atoms with Gasteiger partial charge < -0.3 is 39.7 Å². The zero-order valence-corrected chi connectivity index (χ0v) is 33.8. The van der Waals surface area contributed by atoms with Crippen molar-refractivity contribution in [1.82, 2.24) is 0 Å². The van der Waals surface area contributed by atoms with E-state index in [1.54, 1.807) is 0 Å². The number of allylic oxidation sites excluding steroid dienone is 12. The van der Waals surface area contributed by atoms with Crippen molar-refractivity contribution in [2.75, 3.05) is 13.2 Å². The third kappa shape index (κ3) is 25.8.